The maximum atomic E-state index is 12.5. The summed E-state index contributed by atoms with van der Waals surface area (Å²) in [5.41, 5.74) is 1.06. The fraction of sp³-hybridized carbons (Fsp3) is 0.421. The number of benzene rings is 1. The molecule has 0 unspecified atom stereocenters. The Hall–Kier alpha value is -2.04. The van der Waals surface area contributed by atoms with Gasteiger partial charge in [0.25, 0.3) is 5.91 Å². The van der Waals surface area contributed by atoms with Crippen molar-refractivity contribution in [2.24, 2.45) is 0 Å². The van der Waals surface area contributed by atoms with Crippen molar-refractivity contribution in [3.05, 3.63) is 54.1 Å². The molecule has 3 atom stereocenters. The summed E-state index contributed by atoms with van der Waals surface area (Å²) in [5, 5.41) is 2.76. The standard InChI is InChI=1S/C19H24N2O6S/c1-25-10-9-20-28(23,24)13-14-5-4-6-15(11-14)21-19(22)18-12-26-16-7-2-3-8-17(16)27-18/h2-8,11,16-18,20H,9-10,12-13H2,1H3,(H,21,22)/t16-,17-,18-/m0/s1. The topological polar surface area (TPSA) is 103 Å². The van der Waals surface area contributed by atoms with Crippen molar-refractivity contribution in [1.82, 2.24) is 4.72 Å². The van der Waals surface area contributed by atoms with Crippen molar-refractivity contribution < 1.29 is 27.4 Å². The molecular formula is C19H24N2O6S. The van der Waals surface area contributed by atoms with Gasteiger partial charge in [0.05, 0.1) is 19.0 Å². The van der Waals surface area contributed by atoms with Gasteiger partial charge in [-0.3, -0.25) is 4.79 Å². The molecule has 0 radical (unpaired) electrons. The van der Waals surface area contributed by atoms with Gasteiger partial charge in [0, 0.05) is 19.3 Å². The van der Waals surface area contributed by atoms with Crippen LogP contribution in [0.3, 0.4) is 0 Å². The molecule has 0 saturated carbocycles. The summed E-state index contributed by atoms with van der Waals surface area (Å²) in [4.78, 5) is 12.5. The number of hydrogen-bond acceptors (Lipinski definition) is 6. The number of methoxy groups -OCH3 is 1. The number of allylic oxidation sites excluding steroid dienone is 2. The van der Waals surface area contributed by atoms with Crippen molar-refractivity contribution in [2.75, 3.05) is 32.2 Å². The van der Waals surface area contributed by atoms with Crippen molar-refractivity contribution in [2.45, 2.75) is 24.1 Å². The van der Waals surface area contributed by atoms with Crippen LogP contribution in [-0.2, 0) is 34.8 Å². The highest BCUT2D eigenvalue weighted by atomic mass is 32.2. The summed E-state index contributed by atoms with van der Waals surface area (Å²) in [6.07, 6.45) is 6.29. The minimum absolute atomic E-state index is 0.155. The molecule has 8 nitrogen and oxygen atoms in total. The fourth-order valence-electron chi connectivity index (χ4n) is 2.94. The molecule has 1 amide bonds. The molecule has 1 saturated heterocycles. The Morgan fingerprint density at radius 1 is 1.25 bits per heavy atom. The average molecular weight is 408 g/mol. The Labute approximate surface area is 164 Å². The molecule has 3 rings (SSSR count). The zero-order valence-electron chi connectivity index (χ0n) is 15.5. The Bertz CT molecular complexity index is 852. The zero-order chi connectivity index (χ0) is 20.0. The highest BCUT2D eigenvalue weighted by molar-refractivity contribution is 7.88. The van der Waals surface area contributed by atoms with Crippen molar-refractivity contribution in [1.29, 1.82) is 0 Å². The molecule has 2 N–H and O–H groups in total. The van der Waals surface area contributed by atoms with Crippen LogP contribution in [0.4, 0.5) is 5.69 Å². The van der Waals surface area contributed by atoms with Crippen LogP contribution in [0.2, 0.25) is 0 Å². The predicted octanol–water partition coefficient (Wildman–Crippen LogP) is 0.969. The summed E-state index contributed by atoms with van der Waals surface area (Å²) in [6.45, 7) is 0.661. The highest BCUT2D eigenvalue weighted by Gasteiger charge is 2.33. The predicted molar refractivity (Wildman–Crippen MR) is 104 cm³/mol. The lowest BCUT2D eigenvalue weighted by Crippen LogP contribution is -2.47. The van der Waals surface area contributed by atoms with Gasteiger partial charge in [-0.25, -0.2) is 13.1 Å². The lowest BCUT2D eigenvalue weighted by molar-refractivity contribution is -0.164. The second-order valence-electron chi connectivity index (χ2n) is 6.49. The normalized spacial score (nSPS) is 24.0. The molecule has 0 bridgehead atoms. The van der Waals surface area contributed by atoms with Crippen molar-refractivity contribution in [3.8, 4) is 0 Å². The second-order valence-corrected chi connectivity index (χ2v) is 8.30. The first-order valence-electron chi connectivity index (χ1n) is 8.95. The van der Waals surface area contributed by atoms with E-state index in [1.165, 1.54) is 7.11 Å². The van der Waals surface area contributed by atoms with E-state index in [1.54, 1.807) is 24.3 Å². The third-order valence-corrected chi connectivity index (χ3v) is 5.63. The number of carbonyl (C=O) groups excluding carboxylic acids is 1. The average Bonchev–Trinajstić information content (AvgIpc) is 2.67. The molecule has 1 aliphatic heterocycles. The molecule has 9 heteroatoms. The number of ether oxygens (including phenoxy) is 3. The molecule has 1 aromatic carbocycles. The third-order valence-electron chi connectivity index (χ3n) is 4.27. The molecule has 1 aromatic rings. The number of carbonyl (C=O) groups is 1. The van der Waals surface area contributed by atoms with E-state index in [2.05, 4.69) is 10.0 Å². The van der Waals surface area contributed by atoms with Crippen LogP contribution in [0.1, 0.15) is 5.56 Å². The van der Waals surface area contributed by atoms with Crippen LogP contribution < -0.4 is 10.0 Å². The SMILES string of the molecule is COCCNS(=O)(=O)Cc1cccc(NC(=O)[C@@H]2CO[C@H]3C=CC=C[C@@H]3O2)c1. The smallest absolute Gasteiger partial charge is 0.255 e. The first-order valence-corrected chi connectivity index (χ1v) is 10.6. The van der Waals surface area contributed by atoms with Crippen LogP contribution >= 0.6 is 0 Å². The van der Waals surface area contributed by atoms with Gasteiger partial charge in [-0.1, -0.05) is 36.4 Å². The van der Waals surface area contributed by atoms with E-state index in [0.29, 0.717) is 17.9 Å². The molecule has 1 fully saturated rings. The fourth-order valence-corrected chi connectivity index (χ4v) is 4.05. The lowest BCUT2D eigenvalue weighted by Gasteiger charge is -2.34. The number of anilines is 1. The lowest BCUT2D eigenvalue weighted by atomic mass is 10.1. The van der Waals surface area contributed by atoms with Crippen LogP contribution in [0.15, 0.2) is 48.6 Å². The Kier molecular flexibility index (Phi) is 6.97. The Morgan fingerprint density at radius 3 is 2.82 bits per heavy atom. The van der Waals surface area contributed by atoms with Gasteiger partial charge in [-0.15, -0.1) is 0 Å². The van der Waals surface area contributed by atoms with E-state index in [0.717, 1.165) is 0 Å². The third kappa shape index (κ3) is 5.73. The van der Waals surface area contributed by atoms with E-state index in [9.17, 15) is 13.2 Å². The van der Waals surface area contributed by atoms with Crippen LogP contribution in [0.5, 0.6) is 0 Å². The Balaban J connectivity index is 1.57. The van der Waals surface area contributed by atoms with Gasteiger partial charge in [0.15, 0.2) is 6.10 Å². The number of amides is 1. The monoisotopic (exact) mass is 408 g/mol. The summed E-state index contributed by atoms with van der Waals surface area (Å²) >= 11 is 0. The van der Waals surface area contributed by atoms with Crippen LogP contribution in [0.25, 0.3) is 0 Å². The second kappa shape index (κ2) is 9.44. The maximum Gasteiger partial charge on any atom is 0.255 e. The quantitative estimate of drug-likeness (QED) is 0.622. The molecule has 2 aliphatic rings. The minimum Gasteiger partial charge on any atom is -0.383 e. The van der Waals surface area contributed by atoms with Gasteiger partial charge in [-0.2, -0.15) is 0 Å². The minimum atomic E-state index is -3.49. The van der Waals surface area contributed by atoms with E-state index in [4.69, 9.17) is 14.2 Å². The summed E-state index contributed by atoms with van der Waals surface area (Å²) < 4.78 is 42.9. The van der Waals surface area contributed by atoms with Crippen molar-refractivity contribution in [3.63, 3.8) is 0 Å². The first-order chi connectivity index (χ1) is 13.5. The van der Waals surface area contributed by atoms with E-state index in [-0.39, 0.29) is 37.0 Å². The molecule has 152 valence electrons. The number of nitrogens with one attached hydrogen (secondary N) is 2. The van der Waals surface area contributed by atoms with Gasteiger partial charge in [0.1, 0.15) is 12.2 Å². The largest absolute Gasteiger partial charge is 0.383 e. The number of hydrogen-bond donors (Lipinski definition) is 2. The number of rotatable bonds is 8. The molecule has 1 heterocycles. The summed E-state index contributed by atoms with van der Waals surface area (Å²) in [7, 11) is -1.98. The maximum absolute atomic E-state index is 12.5. The molecule has 1 aliphatic carbocycles. The molecular weight excluding hydrogens is 384 g/mol. The Morgan fingerprint density at radius 2 is 2.04 bits per heavy atom. The summed E-state index contributed by atoms with van der Waals surface area (Å²) in [5.74, 6) is -0.524. The van der Waals surface area contributed by atoms with Gasteiger partial charge in [-0.05, 0) is 17.7 Å². The molecule has 28 heavy (non-hydrogen) atoms. The van der Waals surface area contributed by atoms with E-state index < -0.39 is 16.1 Å². The zero-order valence-corrected chi connectivity index (χ0v) is 16.4. The van der Waals surface area contributed by atoms with E-state index in [1.807, 2.05) is 24.3 Å². The molecule has 0 aromatic heterocycles. The van der Waals surface area contributed by atoms with E-state index >= 15 is 0 Å². The number of fused-ring (bicyclic) bond motifs is 1. The first kappa shape index (κ1) is 20.7. The van der Waals surface area contributed by atoms with Gasteiger partial charge >= 0.3 is 0 Å². The molecule has 0 spiro atoms. The number of sulfonamides is 1. The summed E-state index contributed by atoms with van der Waals surface area (Å²) in [6, 6.07) is 6.71. The highest BCUT2D eigenvalue weighted by Crippen LogP contribution is 2.21. The van der Waals surface area contributed by atoms with Crippen LogP contribution in [-0.4, -0.2) is 59.5 Å². The van der Waals surface area contributed by atoms with Crippen LogP contribution in [0, 0.1) is 0 Å². The van der Waals surface area contributed by atoms with Gasteiger partial charge in [0.2, 0.25) is 10.0 Å². The van der Waals surface area contributed by atoms with Crippen molar-refractivity contribution >= 4 is 21.6 Å². The van der Waals surface area contributed by atoms with Gasteiger partial charge < -0.3 is 19.5 Å².